The van der Waals surface area contributed by atoms with E-state index >= 15 is 0 Å². The van der Waals surface area contributed by atoms with E-state index in [1.807, 2.05) is 12.1 Å². The molecule has 5 heteroatoms. The van der Waals surface area contributed by atoms with Crippen molar-refractivity contribution in [3.8, 4) is 5.69 Å². The van der Waals surface area contributed by atoms with E-state index in [2.05, 4.69) is 27.8 Å². The van der Waals surface area contributed by atoms with E-state index in [4.69, 9.17) is 0 Å². The van der Waals surface area contributed by atoms with Crippen molar-refractivity contribution in [1.29, 1.82) is 0 Å². The zero-order chi connectivity index (χ0) is 8.39. The van der Waals surface area contributed by atoms with Crippen LogP contribution in [0, 0.1) is 0 Å². The third-order valence-electron chi connectivity index (χ3n) is 1.45. The van der Waals surface area contributed by atoms with Gasteiger partial charge in [-0.15, -0.1) is 22.8 Å². The number of hydrogen-bond donors (Lipinski definition) is 1. The minimum absolute atomic E-state index is 0.558. The number of aromatic nitrogens is 4. The number of rotatable bonds is 1. The van der Waals surface area contributed by atoms with E-state index in [1.54, 1.807) is 23.3 Å². The molecule has 0 N–H and O–H groups in total. The summed E-state index contributed by atoms with van der Waals surface area (Å²) in [6, 6.07) is 3.76. The summed E-state index contributed by atoms with van der Waals surface area (Å²) in [5.74, 6) is 0. The normalized spacial score (nSPS) is 10.1. The van der Waals surface area contributed by atoms with Crippen LogP contribution in [0.2, 0.25) is 0 Å². The fourth-order valence-electron chi connectivity index (χ4n) is 0.907. The van der Waals surface area contributed by atoms with Gasteiger partial charge in [0.15, 0.2) is 5.16 Å². The molecule has 0 saturated heterocycles. The first-order valence-electron chi connectivity index (χ1n) is 3.37. The first-order chi connectivity index (χ1) is 5.88. The summed E-state index contributed by atoms with van der Waals surface area (Å²) in [5.41, 5.74) is 0.910. The van der Waals surface area contributed by atoms with Crippen LogP contribution in [-0.4, -0.2) is 19.7 Å². The maximum atomic E-state index is 4.12. The molecule has 0 aliphatic carbocycles. The van der Waals surface area contributed by atoms with Gasteiger partial charge in [0.1, 0.15) is 6.33 Å². The first-order valence-corrected chi connectivity index (χ1v) is 3.82. The standard InChI is InChI=1S/C7H6N4S/c12-7-10-9-5-11(7)6-2-1-3-8-4-6/h1-5H,(H,10,12). The van der Waals surface area contributed by atoms with Crippen LogP contribution in [0.5, 0.6) is 0 Å². The van der Waals surface area contributed by atoms with Gasteiger partial charge in [-0.3, -0.25) is 9.55 Å². The molecule has 0 amide bonds. The molecule has 0 unspecified atom stereocenters. The molecular weight excluding hydrogens is 172 g/mol. The predicted octanol–water partition coefficient (Wildman–Crippen LogP) is 0.951. The van der Waals surface area contributed by atoms with Gasteiger partial charge < -0.3 is 0 Å². The van der Waals surface area contributed by atoms with Gasteiger partial charge in [0, 0.05) is 6.20 Å². The Bertz CT molecular complexity index is 370. The van der Waals surface area contributed by atoms with E-state index in [0.29, 0.717) is 5.16 Å². The molecule has 0 saturated carbocycles. The monoisotopic (exact) mass is 178 g/mol. The topological polar surface area (TPSA) is 43.6 Å². The Labute approximate surface area is 74.7 Å². The molecule has 4 nitrogen and oxygen atoms in total. The highest BCUT2D eigenvalue weighted by Crippen LogP contribution is 2.09. The summed E-state index contributed by atoms with van der Waals surface area (Å²) in [6.45, 7) is 0. The number of thiol groups is 1. The smallest absolute Gasteiger partial charge is 0.192 e. The Morgan fingerprint density at radius 1 is 1.42 bits per heavy atom. The number of hydrogen-bond acceptors (Lipinski definition) is 4. The van der Waals surface area contributed by atoms with Gasteiger partial charge in [-0.2, -0.15) is 0 Å². The Morgan fingerprint density at radius 3 is 2.92 bits per heavy atom. The maximum absolute atomic E-state index is 4.12. The van der Waals surface area contributed by atoms with Gasteiger partial charge in [-0.05, 0) is 12.1 Å². The lowest BCUT2D eigenvalue weighted by Crippen LogP contribution is -1.92. The van der Waals surface area contributed by atoms with Gasteiger partial charge in [-0.1, -0.05) is 0 Å². The van der Waals surface area contributed by atoms with E-state index in [9.17, 15) is 0 Å². The average molecular weight is 178 g/mol. The molecule has 60 valence electrons. The van der Waals surface area contributed by atoms with Crippen molar-refractivity contribution in [2.75, 3.05) is 0 Å². The summed E-state index contributed by atoms with van der Waals surface area (Å²) in [4.78, 5) is 3.97. The van der Waals surface area contributed by atoms with E-state index in [0.717, 1.165) is 5.69 Å². The second-order valence-corrected chi connectivity index (χ2v) is 2.61. The largest absolute Gasteiger partial charge is 0.275 e. The highest BCUT2D eigenvalue weighted by Gasteiger charge is 1.99. The van der Waals surface area contributed by atoms with Crippen molar-refractivity contribution in [2.24, 2.45) is 0 Å². The lowest BCUT2D eigenvalue weighted by atomic mass is 10.4. The van der Waals surface area contributed by atoms with E-state index in [-0.39, 0.29) is 0 Å². The Hall–Kier alpha value is -1.36. The molecule has 0 aliphatic heterocycles. The molecular formula is C7H6N4S. The highest BCUT2D eigenvalue weighted by atomic mass is 32.1. The summed E-state index contributed by atoms with van der Waals surface area (Å²) in [7, 11) is 0. The van der Waals surface area contributed by atoms with Crippen LogP contribution in [0.15, 0.2) is 36.0 Å². The number of pyridine rings is 1. The molecule has 0 radical (unpaired) electrons. The zero-order valence-corrected chi connectivity index (χ0v) is 7.02. The molecule has 2 heterocycles. The third kappa shape index (κ3) is 1.18. The van der Waals surface area contributed by atoms with Crippen LogP contribution in [0.1, 0.15) is 0 Å². The molecule has 2 aromatic rings. The van der Waals surface area contributed by atoms with Crippen molar-refractivity contribution in [3.63, 3.8) is 0 Å². The molecule has 0 aromatic carbocycles. The maximum Gasteiger partial charge on any atom is 0.192 e. The number of nitrogens with zero attached hydrogens (tertiary/aromatic N) is 4. The molecule has 2 aromatic heterocycles. The highest BCUT2D eigenvalue weighted by molar-refractivity contribution is 7.80. The molecule has 0 aliphatic rings. The molecule has 2 rings (SSSR count). The zero-order valence-electron chi connectivity index (χ0n) is 6.12. The second kappa shape index (κ2) is 2.94. The fourth-order valence-corrected chi connectivity index (χ4v) is 1.13. The van der Waals surface area contributed by atoms with Crippen molar-refractivity contribution in [2.45, 2.75) is 5.16 Å². The average Bonchev–Trinajstić information content (AvgIpc) is 2.53. The Balaban J connectivity index is 2.51. The molecule has 0 bridgehead atoms. The van der Waals surface area contributed by atoms with Crippen LogP contribution >= 0.6 is 12.6 Å². The van der Waals surface area contributed by atoms with Crippen LogP contribution < -0.4 is 0 Å². The third-order valence-corrected chi connectivity index (χ3v) is 1.76. The Kier molecular flexibility index (Phi) is 1.79. The minimum Gasteiger partial charge on any atom is -0.275 e. The van der Waals surface area contributed by atoms with Crippen LogP contribution in [0.3, 0.4) is 0 Å². The molecule has 0 fully saturated rings. The predicted molar refractivity (Wildman–Crippen MR) is 46.4 cm³/mol. The minimum atomic E-state index is 0.558. The van der Waals surface area contributed by atoms with Crippen molar-refractivity contribution in [1.82, 2.24) is 19.7 Å². The van der Waals surface area contributed by atoms with Gasteiger partial charge in [-0.25, -0.2) is 0 Å². The molecule has 0 spiro atoms. The van der Waals surface area contributed by atoms with Crippen LogP contribution in [0.25, 0.3) is 5.69 Å². The summed E-state index contributed by atoms with van der Waals surface area (Å²) < 4.78 is 1.75. The summed E-state index contributed by atoms with van der Waals surface area (Å²) in [5, 5.41) is 8.01. The summed E-state index contributed by atoms with van der Waals surface area (Å²) in [6.07, 6.45) is 5.04. The van der Waals surface area contributed by atoms with Crippen molar-refractivity contribution >= 4 is 12.6 Å². The fraction of sp³-hybridized carbons (Fsp3) is 0. The SMILES string of the molecule is Sc1nncn1-c1cccnc1. The van der Waals surface area contributed by atoms with Crippen LogP contribution in [-0.2, 0) is 0 Å². The molecule has 0 atom stereocenters. The second-order valence-electron chi connectivity index (χ2n) is 2.21. The van der Waals surface area contributed by atoms with Crippen LogP contribution in [0.4, 0.5) is 0 Å². The lowest BCUT2D eigenvalue weighted by Gasteiger charge is -1.99. The van der Waals surface area contributed by atoms with Gasteiger partial charge in [0.25, 0.3) is 0 Å². The van der Waals surface area contributed by atoms with E-state index < -0.39 is 0 Å². The summed E-state index contributed by atoms with van der Waals surface area (Å²) >= 11 is 4.12. The van der Waals surface area contributed by atoms with Crippen molar-refractivity contribution in [3.05, 3.63) is 30.9 Å². The lowest BCUT2D eigenvalue weighted by molar-refractivity contribution is 0.885. The first kappa shape index (κ1) is 7.30. The van der Waals surface area contributed by atoms with Gasteiger partial charge >= 0.3 is 0 Å². The Morgan fingerprint density at radius 2 is 2.33 bits per heavy atom. The van der Waals surface area contributed by atoms with Gasteiger partial charge in [0.2, 0.25) is 0 Å². The van der Waals surface area contributed by atoms with Crippen molar-refractivity contribution < 1.29 is 0 Å². The quantitative estimate of drug-likeness (QED) is 0.661. The van der Waals surface area contributed by atoms with E-state index in [1.165, 1.54) is 0 Å². The van der Waals surface area contributed by atoms with Gasteiger partial charge in [0.05, 0.1) is 11.9 Å². The molecule has 12 heavy (non-hydrogen) atoms.